The molecule has 0 spiro atoms. The predicted octanol–water partition coefficient (Wildman–Crippen LogP) is 6.58. The lowest BCUT2D eigenvalue weighted by Crippen LogP contribution is -2.37. The first-order chi connectivity index (χ1) is 15.6. The number of hydrogen-bond acceptors (Lipinski definition) is 1. The Balaban J connectivity index is 1.43. The molecule has 1 saturated carbocycles. The summed E-state index contributed by atoms with van der Waals surface area (Å²) in [4.78, 5) is 12.8. The molecule has 166 valence electrons. The largest absolute Gasteiger partial charge is 0.349 e. The van der Waals surface area contributed by atoms with E-state index in [1.165, 1.54) is 41.8 Å². The number of carbonyl (C=O) groups excluding carboxylic acids is 1. The third kappa shape index (κ3) is 4.26. The van der Waals surface area contributed by atoms with Gasteiger partial charge in [0, 0.05) is 23.0 Å². The second kappa shape index (κ2) is 8.97. The molecule has 1 N–H and O–H groups in total. The van der Waals surface area contributed by atoms with Crippen LogP contribution in [0, 0.1) is 11.8 Å². The first-order valence-corrected chi connectivity index (χ1v) is 12.3. The summed E-state index contributed by atoms with van der Waals surface area (Å²) in [6.45, 7) is 4.66. The Hall–Kier alpha value is -2.81. The molecular formula is C29H34N2O. The first kappa shape index (κ1) is 21.1. The fraction of sp³-hybridized carbons (Fsp3) is 0.414. The van der Waals surface area contributed by atoms with Gasteiger partial charge in [-0.15, -0.1) is 0 Å². The topological polar surface area (TPSA) is 34.0 Å². The molecule has 1 atom stereocenters. The highest BCUT2D eigenvalue weighted by Gasteiger charge is 2.24. The monoisotopic (exact) mass is 426 g/mol. The molecule has 2 aromatic carbocycles. The van der Waals surface area contributed by atoms with Crippen molar-refractivity contribution in [3.05, 3.63) is 77.5 Å². The second-order valence-corrected chi connectivity index (χ2v) is 10.0. The first-order valence-electron chi connectivity index (χ1n) is 12.3. The summed E-state index contributed by atoms with van der Waals surface area (Å²) in [6.07, 6.45) is 8.09. The van der Waals surface area contributed by atoms with Crippen molar-refractivity contribution in [1.29, 1.82) is 0 Å². The summed E-state index contributed by atoms with van der Waals surface area (Å²) in [7, 11) is 0. The van der Waals surface area contributed by atoms with E-state index >= 15 is 0 Å². The Morgan fingerprint density at radius 3 is 2.31 bits per heavy atom. The van der Waals surface area contributed by atoms with Gasteiger partial charge in [-0.1, -0.05) is 44.2 Å². The summed E-state index contributed by atoms with van der Waals surface area (Å²) in [5, 5.41) is 3.26. The Labute approximate surface area is 191 Å². The number of rotatable bonds is 4. The Bertz CT molecular complexity index is 1070. The van der Waals surface area contributed by atoms with E-state index in [0.717, 1.165) is 48.8 Å². The van der Waals surface area contributed by atoms with E-state index in [4.69, 9.17) is 0 Å². The highest BCUT2D eigenvalue weighted by Crippen LogP contribution is 2.35. The van der Waals surface area contributed by atoms with Crippen molar-refractivity contribution in [3.8, 4) is 16.9 Å². The summed E-state index contributed by atoms with van der Waals surface area (Å²) < 4.78 is 2.42. The van der Waals surface area contributed by atoms with Gasteiger partial charge in [0.1, 0.15) is 0 Å². The highest BCUT2D eigenvalue weighted by atomic mass is 16.1. The molecule has 1 heterocycles. The molecule has 5 rings (SSSR count). The van der Waals surface area contributed by atoms with Gasteiger partial charge < -0.3 is 9.88 Å². The molecule has 1 fully saturated rings. The number of nitrogens with one attached hydrogen (secondary N) is 1. The summed E-state index contributed by atoms with van der Waals surface area (Å²) in [5.74, 6) is 1.58. The molecular weight excluding hydrogens is 392 g/mol. The minimum Gasteiger partial charge on any atom is -0.349 e. The number of benzene rings is 2. The SMILES string of the molecule is CC1CCC(NC(=O)c2ccc(-n3c(-c4ccccc4)cc4c3CC[C@H](C)C4)cc2)CC1. The summed E-state index contributed by atoms with van der Waals surface area (Å²) in [6, 6.07) is 21.6. The molecule has 3 aromatic rings. The zero-order valence-electron chi connectivity index (χ0n) is 19.3. The lowest BCUT2D eigenvalue weighted by molar-refractivity contribution is 0.0923. The molecule has 2 aliphatic carbocycles. The minimum absolute atomic E-state index is 0.0581. The van der Waals surface area contributed by atoms with Crippen molar-refractivity contribution in [2.45, 2.75) is 64.8 Å². The molecule has 32 heavy (non-hydrogen) atoms. The van der Waals surface area contributed by atoms with Crippen molar-refractivity contribution in [3.63, 3.8) is 0 Å². The maximum absolute atomic E-state index is 12.8. The van der Waals surface area contributed by atoms with E-state index in [-0.39, 0.29) is 5.91 Å². The molecule has 0 aliphatic heterocycles. The molecule has 3 nitrogen and oxygen atoms in total. The van der Waals surface area contributed by atoms with E-state index in [1.54, 1.807) is 0 Å². The van der Waals surface area contributed by atoms with Gasteiger partial charge in [0.2, 0.25) is 0 Å². The van der Waals surface area contributed by atoms with Crippen LogP contribution in [0.4, 0.5) is 0 Å². The molecule has 2 aliphatic rings. The number of fused-ring (bicyclic) bond motifs is 1. The Morgan fingerprint density at radius 1 is 0.875 bits per heavy atom. The standard InChI is InChI=1S/C29H34N2O/c1-20-8-13-25(14-9-20)30-29(32)23-11-15-26(16-12-23)31-27-17-10-21(2)18-24(27)19-28(31)22-6-4-3-5-7-22/h3-7,11-12,15-16,19-21,25H,8-10,13-14,17-18H2,1-2H3,(H,30,32)/t20?,21-,25?/m0/s1. The van der Waals surface area contributed by atoms with E-state index in [0.29, 0.717) is 6.04 Å². The molecule has 0 saturated heterocycles. The van der Waals surface area contributed by atoms with Gasteiger partial charge in [-0.25, -0.2) is 0 Å². The van der Waals surface area contributed by atoms with Gasteiger partial charge in [0.15, 0.2) is 0 Å². The number of amides is 1. The van der Waals surface area contributed by atoms with E-state index in [1.807, 2.05) is 12.1 Å². The van der Waals surface area contributed by atoms with Crippen LogP contribution in [-0.4, -0.2) is 16.5 Å². The van der Waals surface area contributed by atoms with Crippen LogP contribution < -0.4 is 5.32 Å². The van der Waals surface area contributed by atoms with Crippen LogP contribution in [0.25, 0.3) is 16.9 Å². The molecule has 0 bridgehead atoms. The van der Waals surface area contributed by atoms with Gasteiger partial charge in [0.05, 0.1) is 5.69 Å². The van der Waals surface area contributed by atoms with Crippen molar-refractivity contribution in [2.75, 3.05) is 0 Å². The summed E-state index contributed by atoms with van der Waals surface area (Å²) >= 11 is 0. The van der Waals surface area contributed by atoms with Crippen molar-refractivity contribution in [2.24, 2.45) is 11.8 Å². The second-order valence-electron chi connectivity index (χ2n) is 10.0. The van der Waals surface area contributed by atoms with Crippen LogP contribution in [-0.2, 0) is 12.8 Å². The van der Waals surface area contributed by atoms with Crippen molar-refractivity contribution < 1.29 is 4.79 Å². The maximum Gasteiger partial charge on any atom is 0.251 e. The van der Waals surface area contributed by atoms with Gasteiger partial charge in [-0.2, -0.15) is 0 Å². The third-order valence-corrected chi connectivity index (χ3v) is 7.44. The fourth-order valence-corrected chi connectivity index (χ4v) is 5.46. The van der Waals surface area contributed by atoms with Crippen LogP contribution in [0.15, 0.2) is 60.7 Å². The molecule has 0 unspecified atom stereocenters. The quantitative estimate of drug-likeness (QED) is 0.502. The highest BCUT2D eigenvalue weighted by molar-refractivity contribution is 5.94. The van der Waals surface area contributed by atoms with Gasteiger partial charge in [0.25, 0.3) is 5.91 Å². The van der Waals surface area contributed by atoms with Crippen LogP contribution >= 0.6 is 0 Å². The lowest BCUT2D eigenvalue weighted by atomic mass is 9.87. The lowest BCUT2D eigenvalue weighted by Gasteiger charge is -2.27. The average Bonchev–Trinajstić information content (AvgIpc) is 3.20. The normalized spacial score (nSPS) is 22.9. The Morgan fingerprint density at radius 2 is 1.59 bits per heavy atom. The number of hydrogen-bond donors (Lipinski definition) is 1. The molecule has 0 radical (unpaired) electrons. The molecule has 1 aromatic heterocycles. The van der Waals surface area contributed by atoms with Crippen molar-refractivity contribution in [1.82, 2.24) is 9.88 Å². The summed E-state index contributed by atoms with van der Waals surface area (Å²) in [5.41, 5.74) is 7.28. The minimum atomic E-state index is 0.0581. The fourth-order valence-electron chi connectivity index (χ4n) is 5.46. The van der Waals surface area contributed by atoms with Crippen LogP contribution in [0.3, 0.4) is 0 Å². The van der Waals surface area contributed by atoms with E-state index in [2.05, 4.69) is 72.3 Å². The number of nitrogens with zero attached hydrogens (tertiary/aromatic N) is 1. The molecule has 1 amide bonds. The zero-order chi connectivity index (χ0) is 22.1. The average molecular weight is 427 g/mol. The molecule has 3 heteroatoms. The van der Waals surface area contributed by atoms with Gasteiger partial charge in [-0.3, -0.25) is 4.79 Å². The Kier molecular flexibility index (Phi) is 5.91. The van der Waals surface area contributed by atoms with Crippen LogP contribution in [0.5, 0.6) is 0 Å². The van der Waals surface area contributed by atoms with Gasteiger partial charge >= 0.3 is 0 Å². The van der Waals surface area contributed by atoms with E-state index < -0.39 is 0 Å². The van der Waals surface area contributed by atoms with E-state index in [9.17, 15) is 4.79 Å². The smallest absolute Gasteiger partial charge is 0.251 e. The predicted molar refractivity (Wildman–Crippen MR) is 131 cm³/mol. The van der Waals surface area contributed by atoms with Crippen molar-refractivity contribution >= 4 is 5.91 Å². The van der Waals surface area contributed by atoms with Gasteiger partial charge in [-0.05, 0) is 98.2 Å². The van der Waals surface area contributed by atoms with Crippen LogP contribution in [0.2, 0.25) is 0 Å². The maximum atomic E-state index is 12.8. The zero-order valence-corrected chi connectivity index (χ0v) is 19.3. The third-order valence-electron chi connectivity index (χ3n) is 7.44. The van der Waals surface area contributed by atoms with Crippen LogP contribution in [0.1, 0.15) is 67.6 Å². The number of carbonyl (C=O) groups is 1. The number of aromatic nitrogens is 1.